The number of ether oxygens (including phenoxy) is 1. The molecule has 0 spiro atoms. The number of rotatable bonds is 9. The van der Waals surface area contributed by atoms with Gasteiger partial charge in [0.15, 0.2) is 0 Å². The van der Waals surface area contributed by atoms with Gasteiger partial charge in [0.25, 0.3) is 0 Å². The zero-order chi connectivity index (χ0) is 11.6. The summed E-state index contributed by atoms with van der Waals surface area (Å²) in [5, 5.41) is 5.47. The highest BCUT2D eigenvalue weighted by atomic mass is 32.1. The highest BCUT2D eigenvalue weighted by Gasteiger charge is 1.97. The van der Waals surface area contributed by atoms with Gasteiger partial charge >= 0.3 is 0 Å². The molecule has 0 unspecified atom stereocenters. The Morgan fingerprint density at radius 3 is 3.06 bits per heavy atom. The second-order valence-electron chi connectivity index (χ2n) is 3.81. The molecule has 1 aromatic rings. The van der Waals surface area contributed by atoms with Gasteiger partial charge in [-0.25, -0.2) is 4.98 Å². The largest absolute Gasteiger partial charge is 0.383 e. The molecule has 1 N–H and O–H groups in total. The zero-order valence-corrected chi connectivity index (χ0v) is 10.9. The van der Waals surface area contributed by atoms with Crippen molar-refractivity contribution in [2.45, 2.75) is 13.0 Å². The molecule has 0 aliphatic heterocycles. The molecule has 0 fully saturated rings. The normalized spacial score (nSPS) is 11.2. The Labute approximate surface area is 102 Å². The van der Waals surface area contributed by atoms with Crippen molar-refractivity contribution >= 4 is 11.3 Å². The SMILES string of the molecule is COCCN(C)CCCNCc1cscn1. The quantitative estimate of drug-likeness (QED) is 0.661. The van der Waals surface area contributed by atoms with Crippen LogP contribution in [0.2, 0.25) is 0 Å². The minimum Gasteiger partial charge on any atom is -0.383 e. The lowest BCUT2D eigenvalue weighted by molar-refractivity contribution is 0.160. The van der Waals surface area contributed by atoms with Crippen molar-refractivity contribution in [3.05, 3.63) is 16.6 Å². The van der Waals surface area contributed by atoms with E-state index in [9.17, 15) is 0 Å². The van der Waals surface area contributed by atoms with E-state index in [0.717, 1.165) is 44.9 Å². The van der Waals surface area contributed by atoms with E-state index in [2.05, 4.69) is 27.6 Å². The number of methoxy groups -OCH3 is 1. The van der Waals surface area contributed by atoms with Crippen molar-refractivity contribution in [3.63, 3.8) is 0 Å². The molecule has 0 atom stereocenters. The van der Waals surface area contributed by atoms with E-state index in [1.165, 1.54) is 0 Å². The molecule has 5 heteroatoms. The molecule has 4 nitrogen and oxygen atoms in total. The molecule has 0 amide bonds. The first-order valence-electron chi connectivity index (χ1n) is 5.58. The van der Waals surface area contributed by atoms with Crippen LogP contribution in [0, 0.1) is 0 Å². The first kappa shape index (κ1) is 13.6. The number of likely N-dealkylation sites (N-methyl/N-ethyl adjacent to an activating group) is 1. The Kier molecular flexibility index (Phi) is 7.33. The molecule has 0 saturated carbocycles. The predicted octanol–water partition coefficient (Wildman–Crippen LogP) is 1.20. The second kappa shape index (κ2) is 8.64. The third-order valence-electron chi connectivity index (χ3n) is 2.36. The smallest absolute Gasteiger partial charge is 0.0795 e. The van der Waals surface area contributed by atoms with E-state index < -0.39 is 0 Å². The maximum Gasteiger partial charge on any atom is 0.0795 e. The lowest BCUT2D eigenvalue weighted by Crippen LogP contribution is -2.26. The molecule has 92 valence electrons. The number of nitrogens with one attached hydrogen (secondary N) is 1. The summed E-state index contributed by atoms with van der Waals surface area (Å²) >= 11 is 1.64. The van der Waals surface area contributed by atoms with Crippen molar-refractivity contribution in [1.29, 1.82) is 0 Å². The van der Waals surface area contributed by atoms with E-state index in [4.69, 9.17) is 4.74 Å². The fourth-order valence-corrected chi connectivity index (χ4v) is 1.93. The number of hydrogen-bond donors (Lipinski definition) is 1. The monoisotopic (exact) mass is 243 g/mol. The van der Waals surface area contributed by atoms with E-state index in [0.29, 0.717) is 0 Å². The van der Waals surface area contributed by atoms with Crippen molar-refractivity contribution in [1.82, 2.24) is 15.2 Å². The molecule has 1 aromatic heterocycles. The summed E-state index contributed by atoms with van der Waals surface area (Å²) < 4.78 is 5.02. The summed E-state index contributed by atoms with van der Waals surface area (Å²) in [5.74, 6) is 0. The number of hydrogen-bond acceptors (Lipinski definition) is 5. The summed E-state index contributed by atoms with van der Waals surface area (Å²) in [5.41, 5.74) is 3.01. The van der Waals surface area contributed by atoms with E-state index in [1.54, 1.807) is 18.4 Å². The fourth-order valence-electron chi connectivity index (χ4n) is 1.37. The Morgan fingerprint density at radius 1 is 1.50 bits per heavy atom. The van der Waals surface area contributed by atoms with Gasteiger partial charge < -0.3 is 15.0 Å². The topological polar surface area (TPSA) is 37.4 Å². The van der Waals surface area contributed by atoms with Gasteiger partial charge in [-0.3, -0.25) is 0 Å². The number of thiazole rings is 1. The second-order valence-corrected chi connectivity index (χ2v) is 4.52. The van der Waals surface area contributed by atoms with Crippen LogP contribution in [0.5, 0.6) is 0 Å². The van der Waals surface area contributed by atoms with Crippen LogP contribution in [0.3, 0.4) is 0 Å². The molecule has 0 bridgehead atoms. The third kappa shape index (κ3) is 6.17. The molecular weight excluding hydrogens is 222 g/mol. The van der Waals surface area contributed by atoms with Crippen LogP contribution in [0.4, 0.5) is 0 Å². The first-order valence-corrected chi connectivity index (χ1v) is 6.52. The molecule has 16 heavy (non-hydrogen) atoms. The standard InChI is InChI=1S/C11H21N3OS/c1-14(6-7-15-2)5-3-4-12-8-11-9-16-10-13-11/h9-10,12H,3-8H2,1-2H3. The van der Waals surface area contributed by atoms with Crippen molar-refractivity contribution < 1.29 is 4.74 Å². The van der Waals surface area contributed by atoms with Gasteiger partial charge in [0, 0.05) is 25.6 Å². The first-order chi connectivity index (χ1) is 7.83. The van der Waals surface area contributed by atoms with Gasteiger partial charge in [0.1, 0.15) is 0 Å². The van der Waals surface area contributed by atoms with Gasteiger partial charge in [-0.1, -0.05) is 0 Å². The van der Waals surface area contributed by atoms with Crippen molar-refractivity contribution in [2.75, 3.05) is 40.4 Å². The minimum absolute atomic E-state index is 0.808. The van der Waals surface area contributed by atoms with E-state index in [-0.39, 0.29) is 0 Å². The van der Waals surface area contributed by atoms with Gasteiger partial charge in [-0.2, -0.15) is 0 Å². The van der Waals surface area contributed by atoms with Crippen LogP contribution < -0.4 is 5.32 Å². The number of nitrogens with zero attached hydrogens (tertiary/aromatic N) is 2. The maximum atomic E-state index is 5.02. The Balaban J connectivity index is 1.91. The molecular formula is C11H21N3OS. The molecule has 0 aliphatic carbocycles. The maximum absolute atomic E-state index is 5.02. The molecule has 0 aliphatic rings. The van der Waals surface area contributed by atoms with E-state index in [1.807, 2.05) is 5.51 Å². The molecule has 1 heterocycles. The van der Waals surface area contributed by atoms with E-state index >= 15 is 0 Å². The minimum atomic E-state index is 0.808. The number of aromatic nitrogens is 1. The van der Waals surface area contributed by atoms with Crippen LogP contribution in [0.15, 0.2) is 10.9 Å². The summed E-state index contributed by atoms with van der Waals surface area (Å²) in [4.78, 5) is 6.50. The van der Waals surface area contributed by atoms with Crippen LogP contribution in [0.1, 0.15) is 12.1 Å². The lowest BCUT2D eigenvalue weighted by atomic mass is 10.3. The summed E-state index contributed by atoms with van der Waals surface area (Å²) in [7, 11) is 3.86. The average molecular weight is 243 g/mol. The van der Waals surface area contributed by atoms with Crippen LogP contribution >= 0.6 is 11.3 Å². The van der Waals surface area contributed by atoms with Gasteiger partial charge in [0.2, 0.25) is 0 Å². The van der Waals surface area contributed by atoms with Crippen LogP contribution in [-0.2, 0) is 11.3 Å². The lowest BCUT2D eigenvalue weighted by Gasteiger charge is -2.15. The van der Waals surface area contributed by atoms with Crippen molar-refractivity contribution in [2.24, 2.45) is 0 Å². The molecule has 0 aromatic carbocycles. The Hall–Kier alpha value is -0.490. The van der Waals surface area contributed by atoms with Crippen LogP contribution in [0.25, 0.3) is 0 Å². The van der Waals surface area contributed by atoms with Gasteiger partial charge in [-0.15, -0.1) is 11.3 Å². The Morgan fingerprint density at radius 2 is 2.38 bits per heavy atom. The summed E-state index contributed by atoms with van der Waals surface area (Å²) in [6.45, 7) is 4.83. The zero-order valence-electron chi connectivity index (χ0n) is 10.1. The van der Waals surface area contributed by atoms with Crippen molar-refractivity contribution in [3.8, 4) is 0 Å². The van der Waals surface area contributed by atoms with Gasteiger partial charge in [0.05, 0.1) is 17.8 Å². The summed E-state index contributed by atoms with van der Waals surface area (Å²) in [6.07, 6.45) is 1.16. The third-order valence-corrected chi connectivity index (χ3v) is 3.00. The predicted molar refractivity (Wildman–Crippen MR) is 67.8 cm³/mol. The highest BCUT2D eigenvalue weighted by Crippen LogP contribution is 1.99. The highest BCUT2D eigenvalue weighted by molar-refractivity contribution is 7.07. The van der Waals surface area contributed by atoms with Gasteiger partial charge in [-0.05, 0) is 26.6 Å². The molecule has 0 radical (unpaired) electrons. The Bertz CT molecular complexity index is 254. The molecule has 1 rings (SSSR count). The van der Waals surface area contributed by atoms with Crippen LogP contribution in [-0.4, -0.2) is 50.3 Å². The fraction of sp³-hybridized carbons (Fsp3) is 0.727. The summed E-state index contributed by atoms with van der Waals surface area (Å²) in [6, 6.07) is 0. The average Bonchev–Trinajstić information content (AvgIpc) is 2.79. The molecule has 0 saturated heterocycles.